The average Bonchev–Trinajstić information content (AvgIpc) is 2.93. The summed E-state index contributed by atoms with van der Waals surface area (Å²) in [6, 6.07) is 18.2. The van der Waals surface area contributed by atoms with E-state index in [9.17, 15) is 0 Å². The Morgan fingerprint density at radius 2 is 1.75 bits per heavy atom. The first kappa shape index (κ1) is 12.5. The lowest BCUT2D eigenvalue weighted by Gasteiger charge is -2.07. The van der Waals surface area contributed by atoms with Crippen molar-refractivity contribution in [3.05, 3.63) is 72.6 Å². The molecule has 0 spiro atoms. The third kappa shape index (κ3) is 2.72. The van der Waals surface area contributed by atoms with Gasteiger partial charge in [-0.1, -0.05) is 30.3 Å². The molecule has 0 fully saturated rings. The van der Waals surface area contributed by atoms with Gasteiger partial charge in [0, 0.05) is 25.0 Å². The standard InChI is InChI=1S/C17H16N2O/c1-19-12-11-18-17(19)15-7-9-16(10-8-15)20-13-14-5-3-2-4-6-14/h2-12H,13H2,1H3. The predicted octanol–water partition coefficient (Wildman–Crippen LogP) is 3.67. The van der Waals surface area contributed by atoms with Crippen LogP contribution >= 0.6 is 0 Å². The molecular formula is C17H16N2O. The second kappa shape index (κ2) is 5.61. The highest BCUT2D eigenvalue weighted by Crippen LogP contribution is 2.21. The molecular weight excluding hydrogens is 248 g/mol. The van der Waals surface area contributed by atoms with Crippen LogP contribution < -0.4 is 4.74 Å². The van der Waals surface area contributed by atoms with Crippen molar-refractivity contribution >= 4 is 0 Å². The summed E-state index contributed by atoms with van der Waals surface area (Å²) in [5, 5.41) is 0. The van der Waals surface area contributed by atoms with Crippen LogP contribution in [0.15, 0.2) is 67.0 Å². The summed E-state index contributed by atoms with van der Waals surface area (Å²) in [7, 11) is 1.99. The minimum absolute atomic E-state index is 0.586. The summed E-state index contributed by atoms with van der Waals surface area (Å²) in [5.74, 6) is 1.83. The van der Waals surface area contributed by atoms with Gasteiger partial charge in [0.25, 0.3) is 0 Å². The highest BCUT2D eigenvalue weighted by atomic mass is 16.5. The number of nitrogens with zero attached hydrogens (tertiary/aromatic N) is 2. The van der Waals surface area contributed by atoms with Crippen molar-refractivity contribution in [3.63, 3.8) is 0 Å². The van der Waals surface area contributed by atoms with E-state index in [1.165, 1.54) is 5.56 Å². The molecule has 3 aromatic rings. The van der Waals surface area contributed by atoms with Gasteiger partial charge >= 0.3 is 0 Å². The van der Waals surface area contributed by atoms with Gasteiger partial charge in [0.15, 0.2) is 0 Å². The van der Waals surface area contributed by atoms with Crippen LogP contribution in [0.3, 0.4) is 0 Å². The molecule has 2 aromatic carbocycles. The fraction of sp³-hybridized carbons (Fsp3) is 0.118. The zero-order chi connectivity index (χ0) is 13.8. The molecule has 0 amide bonds. The number of hydrogen-bond donors (Lipinski definition) is 0. The number of aromatic nitrogens is 2. The smallest absolute Gasteiger partial charge is 0.139 e. The molecule has 0 aliphatic carbocycles. The molecule has 3 heteroatoms. The lowest BCUT2D eigenvalue weighted by Crippen LogP contribution is -1.95. The van der Waals surface area contributed by atoms with Gasteiger partial charge in [0.2, 0.25) is 0 Å². The fourth-order valence-corrected chi connectivity index (χ4v) is 2.08. The summed E-state index contributed by atoms with van der Waals surface area (Å²) in [6.45, 7) is 0.586. The molecule has 0 radical (unpaired) electrons. The van der Waals surface area contributed by atoms with Crippen LogP contribution in [0.4, 0.5) is 0 Å². The number of hydrogen-bond acceptors (Lipinski definition) is 2. The number of rotatable bonds is 4. The zero-order valence-corrected chi connectivity index (χ0v) is 11.4. The normalized spacial score (nSPS) is 10.4. The van der Waals surface area contributed by atoms with Crippen molar-refractivity contribution in [2.75, 3.05) is 0 Å². The Kier molecular flexibility index (Phi) is 3.50. The maximum Gasteiger partial charge on any atom is 0.139 e. The minimum atomic E-state index is 0.586. The second-order valence-corrected chi connectivity index (χ2v) is 4.66. The molecule has 0 saturated heterocycles. The summed E-state index contributed by atoms with van der Waals surface area (Å²) in [6.07, 6.45) is 3.74. The van der Waals surface area contributed by atoms with E-state index < -0.39 is 0 Å². The molecule has 3 rings (SSSR count). The van der Waals surface area contributed by atoms with Crippen LogP contribution in [-0.4, -0.2) is 9.55 Å². The Morgan fingerprint density at radius 3 is 2.40 bits per heavy atom. The van der Waals surface area contributed by atoms with Crippen LogP contribution in [0.2, 0.25) is 0 Å². The van der Waals surface area contributed by atoms with E-state index in [2.05, 4.69) is 17.1 Å². The molecule has 0 N–H and O–H groups in total. The van der Waals surface area contributed by atoms with Crippen molar-refractivity contribution < 1.29 is 4.74 Å². The van der Waals surface area contributed by atoms with Gasteiger partial charge < -0.3 is 9.30 Å². The number of imidazole rings is 1. The van der Waals surface area contributed by atoms with Gasteiger partial charge in [-0.25, -0.2) is 4.98 Å². The van der Waals surface area contributed by atoms with Gasteiger partial charge in [0.1, 0.15) is 18.2 Å². The van der Waals surface area contributed by atoms with Gasteiger partial charge in [-0.05, 0) is 29.8 Å². The quantitative estimate of drug-likeness (QED) is 0.719. The Morgan fingerprint density at radius 1 is 1.00 bits per heavy atom. The Bertz CT molecular complexity index is 672. The second-order valence-electron chi connectivity index (χ2n) is 4.66. The van der Waals surface area contributed by atoms with Crippen molar-refractivity contribution in [2.24, 2.45) is 7.05 Å². The van der Waals surface area contributed by atoms with Crippen LogP contribution in [-0.2, 0) is 13.7 Å². The molecule has 1 heterocycles. The predicted molar refractivity (Wildman–Crippen MR) is 79.4 cm³/mol. The van der Waals surface area contributed by atoms with E-state index in [4.69, 9.17) is 4.74 Å². The van der Waals surface area contributed by atoms with Crippen molar-refractivity contribution in [2.45, 2.75) is 6.61 Å². The summed E-state index contributed by atoms with van der Waals surface area (Å²) < 4.78 is 7.77. The highest BCUT2D eigenvalue weighted by molar-refractivity contribution is 5.56. The van der Waals surface area contributed by atoms with Crippen LogP contribution in [0.25, 0.3) is 11.4 Å². The maximum absolute atomic E-state index is 5.77. The molecule has 0 aliphatic heterocycles. The number of benzene rings is 2. The molecule has 0 bridgehead atoms. The topological polar surface area (TPSA) is 27.1 Å². The third-order valence-electron chi connectivity index (χ3n) is 3.18. The summed E-state index contributed by atoms with van der Waals surface area (Å²) in [4.78, 5) is 4.33. The minimum Gasteiger partial charge on any atom is -0.489 e. The van der Waals surface area contributed by atoms with E-state index >= 15 is 0 Å². The van der Waals surface area contributed by atoms with Crippen molar-refractivity contribution in [1.82, 2.24) is 9.55 Å². The van der Waals surface area contributed by atoms with Gasteiger partial charge in [-0.15, -0.1) is 0 Å². The monoisotopic (exact) mass is 264 g/mol. The molecule has 20 heavy (non-hydrogen) atoms. The Labute approximate surface area is 118 Å². The summed E-state index contributed by atoms with van der Waals surface area (Å²) in [5.41, 5.74) is 2.25. The maximum atomic E-state index is 5.77. The molecule has 3 nitrogen and oxygen atoms in total. The van der Waals surface area contributed by atoms with E-state index in [0.29, 0.717) is 6.61 Å². The first-order valence-corrected chi connectivity index (χ1v) is 6.57. The van der Waals surface area contributed by atoms with Crippen molar-refractivity contribution in [1.29, 1.82) is 0 Å². The Balaban J connectivity index is 1.69. The SMILES string of the molecule is Cn1ccnc1-c1ccc(OCc2ccccc2)cc1. The van der Waals surface area contributed by atoms with Crippen LogP contribution in [0.5, 0.6) is 5.75 Å². The Hall–Kier alpha value is -2.55. The van der Waals surface area contributed by atoms with E-state index in [-0.39, 0.29) is 0 Å². The zero-order valence-electron chi connectivity index (χ0n) is 11.4. The van der Waals surface area contributed by atoms with E-state index in [1.54, 1.807) is 6.20 Å². The lowest BCUT2D eigenvalue weighted by atomic mass is 10.2. The number of aryl methyl sites for hydroxylation is 1. The first-order valence-electron chi connectivity index (χ1n) is 6.57. The van der Waals surface area contributed by atoms with Crippen LogP contribution in [0, 0.1) is 0 Å². The van der Waals surface area contributed by atoms with E-state index in [1.807, 2.05) is 60.3 Å². The highest BCUT2D eigenvalue weighted by Gasteiger charge is 2.03. The van der Waals surface area contributed by atoms with Gasteiger partial charge in [0.05, 0.1) is 0 Å². The summed E-state index contributed by atoms with van der Waals surface area (Å²) >= 11 is 0. The van der Waals surface area contributed by atoms with Gasteiger partial charge in [-0.2, -0.15) is 0 Å². The molecule has 0 aliphatic rings. The number of ether oxygens (including phenoxy) is 1. The fourth-order valence-electron chi connectivity index (χ4n) is 2.08. The molecule has 0 unspecified atom stereocenters. The van der Waals surface area contributed by atoms with E-state index in [0.717, 1.165) is 17.1 Å². The average molecular weight is 264 g/mol. The molecule has 0 atom stereocenters. The molecule has 100 valence electrons. The molecule has 0 saturated carbocycles. The largest absolute Gasteiger partial charge is 0.489 e. The van der Waals surface area contributed by atoms with Crippen molar-refractivity contribution in [3.8, 4) is 17.1 Å². The molecule has 1 aromatic heterocycles. The third-order valence-corrected chi connectivity index (χ3v) is 3.18. The van der Waals surface area contributed by atoms with Gasteiger partial charge in [-0.3, -0.25) is 0 Å². The van der Waals surface area contributed by atoms with Crippen LogP contribution in [0.1, 0.15) is 5.56 Å². The lowest BCUT2D eigenvalue weighted by molar-refractivity contribution is 0.306. The first-order chi connectivity index (χ1) is 9.83.